The molecule has 0 amide bonds. The smallest absolute Gasteiger partial charge is 0.240 e. The van der Waals surface area contributed by atoms with Crippen molar-refractivity contribution in [3.63, 3.8) is 0 Å². The van der Waals surface area contributed by atoms with E-state index in [0.29, 0.717) is 24.7 Å². The summed E-state index contributed by atoms with van der Waals surface area (Å²) in [5, 5.41) is 0.364. The lowest BCUT2D eigenvalue weighted by atomic mass is 10.2. The SMILES string of the molecule is NCc1ccc(S(=O)(=O)NC2CCOC2)cc1Cl. The van der Waals surface area contributed by atoms with Crippen molar-refractivity contribution in [1.82, 2.24) is 4.72 Å². The van der Waals surface area contributed by atoms with E-state index < -0.39 is 10.0 Å². The first-order valence-corrected chi connectivity index (χ1v) is 7.47. The first-order chi connectivity index (χ1) is 8.53. The third-order valence-electron chi connectivity index (χ3n) is 2.81. The van der Waals surface area contributed by atoms with E-state index in [2.05, 4.69) is 4.72 Å². The quantitative estimate of drug-likeness (QED) is 0.862. The fourth-order valence-corrected chi connectivity index (χ4v) is 3.38. The standard InChI is InChI=1S/C11H15ClN2O3S/c12-11-5-10(2-1-8(11)6-13)18(15,16)14-9-3-4-17-7-9/h1-2,5,9,14H,3-4,6-7,13H2. The van der Waals surface area contributed by atoms with Gasteiger partial charge in [-0.3, -0.25) is 0 Å². The number of benzene rings is 1. The fourth-order valence-electron chi connectivity index (χ4n) is 1.78. The Labute approximate surface area is 111 Å². The van der Waals surface area contributed by atoms with Gasteiger partial charge >= 0.3 is 0 Å². The van der Waals surface area contributed by atoms with E-state index in [1.54, 1.807) is 6.07 Å². The number of nitrogens with one attached hydrogen (secondary N) is 1. The van der Waals surface area contributed by atoms with Crippen LogP contribution in [0.25, 0.3) is 0 Å². The highest BCUT2D eigenvalue weighted by Crippen LogP contribution is 2.21. The second kappa shape index (κ2) is 5.54. The molecule has 1 aliphatic rings. The summed E-state index contributed by atoms with van der Waals surface area (Å²) in [7, 11) is -3.55. The third-order valence-corrected chi connectivity index (χ3v) is 4.68. The molecule has 100 valence electrons. The molecular formula is C11H15ClN2O3S. The topological polar surface area (TPSA) is 81.4 Å². The molecule has 0 saturated carbocycles. The Bertz CT molecular complexity index is 527. The second-order valence-electron chi connectivity index (χ2n) is 4.14. The molecular weight excluding hydrogens is 276 g/mol. The van der Waals surface area contributed by atoms with Gasteiger partial charge in [0.2, 0.25) is 10.0 Å². The number of hydrogen-bond acceptors (Lipinski definition) is 4. The van der Waals surface area contributed by atoms with Gasteiger partial charge in [-0.15, -0.1) is 0 Å². The lowest BCUT2D eigenvalue weighted by Gasteiger charge is -2.12. The van der Waals surface area contributed by atoms with Crippen LogP contribution in [0.15, 0.2) is 23.1 Å². The number of rotatable bonds is 4. The Morgan fingerprint density at radius 2 is 2.28 bits per heavy atom. The maximum atomic E-state index is 12.1. The lowest BCUT2D eigenvalue weighted by Crippen LogP contribution is -2.35. The molecule has 1 saturated heterocycles. The van der Waals surface area contributed by atoms with Gasteiger partial charge in [0.1, 0.15) is 0 Å². The van der Waals surface area contributed by atoms with Crippen LogP contribution in [0.2, 0.25) is 5.02 Å². The summed E-state index contributed by atoms with van der Waals surface area (Å²) < 4.78 is 31.9. The predicted molar refractivity (Wildman–Crippen MR) is 68.9 cm³/mol. The molecule has 1 aliphatic heterocycles. The summed E-state index contributed by atoms with van der Waals surface area (Å²) in [5.74, 6) is 0. The van der Waals surface area contributed by atoms with Crippen LogP contribution < -0.4 is 10.5 Å². The normalized spacial score (nSPS) is 20.2. The van der Waals surface area contributed by atoms with E-state index in [9.17, 15) is 8.42 Å². The Morgan fingerprint density at radius 3 is 2.83 bits per heavy atom. The monoisotopic (exact) mass is 290 g/mol. The molecule has 0 aromatic heterocycles. The van der Waals surface area contributed by atoms with Crippen LogP contribution >= 0.6 is 11.6 Å². The van der Waals surface area contributed by atoms with Gasteiger partial charge in [-0.25, -0.2) is 13.1 Å². The summed E-state index contributed by atoms with van der Waals surface area (Å²) in [6.45, 7) is 1.27. The van der Waals surface area contributed by atoms with Gasteiger partial charge in [-0.05, 0) is 24.1 Å². The lowest BCUT2D eigenvalue weighted by molar-refractivity contribution is 0.192. The van der Waals surface area contributed by atoms with Crippen LogP contribution in [0.1, 0.15) is 12.0 Å². The number of halogens is 1. The molecule has 7 heteroatoms. The average Bonchev–Trinajstić information content (AvgIpc) is 2.81. The Morgan fingerprint density at radius 1 is 1.50 bits per heavy atom. The largest absolute Gasteiger partial charge is 0.380 e. The van der Waals surface area contributed by atoms with Crippen LogP contribution in [0.4, 0.5) is 0 Å². The zero-order valence-electron chi connectivity index (χ0n) is 9.73. The molecule has 3 N–H and O–H groups in total. The summed E-state index contributed by atoms with van der Waals surface area (Å²) >= 11 is 5.96. The molecule has 1 fully saturated rings. The maximum absolute atomic E-state index is 12.1. The maximum Gasteiger partial charge on any atom is 0.240 e. The van der Waals surface area contributed by atoms with Crippen LogP contribution in [-0.2, 0) is 21.3 Å². The van der Waals surface area contributed by atoms with E-state index in [0.717, 1.165) is 5.56 Å². The van der Waals surface area contributed by atoms with E-state index in [-0.39, 0.29) is 17.5 Å². The van der Waals surface area contributed by atoms with E-state index in [1.807, 2.05) is 0 Å². The zero-order chi connectivity index (χ0) is 13.2. The summed E-state index contributed by atoms with van der Waals surface area (Å²) in [4.78, 5) is 0.150. The number of ether oxygens (including phenoxy) is 1. The van der Waals surface area contributed by atoms with Crippen LogP contribution in [0.3, 0.4) is 0 Å². The molecule has 1 heterocycles. The van der Waals surface area contributed by atoms with Crippen LogP contribution in [0.5, 0.6) is 0 Å². The van der Waals surface area contributed by atoms with Crippen molar-refractivity contribution in [3.05, 3.63) is 28.8 Å². The van der Waals surface area contributed by atoms with E-state index in [1.165, 1.54) is 12.1 Å². The minimum absolute atomic E-state index is 0.150. The van der Waals surface area contributed by atoms with Gasteiger partial charge in [-0.2, -0.15) is 0 Å². The minimum atomic E-state index is -3.55. The van der Waals surface area contributed by atoms with Gasteiger partial charge < -0.3 is 10.5 Å². The van der Waals surface area contributed by atoms with Crippen molar-refractivity contribution in [1.29, 1.82) is 0 Å². The summed E-state index contributed by atoms with van der Waals surface area (Å²) in [6, 6.07) is 4.39. The molecule has 1 unspecified atom stereocenters. The van der Waals surface area contributed by atoms with Gasteiger partial charge in [0.15, 0.2) is 0 Å². The van der Waals surface area contributed by atoms with Crippen molar-refractivity contribution < 1.29 is 13.2 Å². The molecule has 1 atom stereocenters. The molecule has 5 nitrogen and oxygen atoms in total. The third kappa shape index (κ3) is 3.02. The van der Waals surface area contributed by atoms with Crippen molar-refractivity contribution in [2.45, 2.75) is 23.9 Å². The first-order valence-electron chi connectivity index (χ1n) is 5.61. The molecule has 0 spiro atoms. The highest BCUT2D eigenvalue weighted by Gasteiger charge is 2.23. The number of sulfonamides is 1. The number of nitrogens with two attached hydrogens (primary N) is 1. The van der Waals surface area contributed by atoms with Crippen molar-refractivity contribution in [3.8, 4) is 0 Å². The molecule has 1 aromatic rings. The minimum Gasteiger partial charge on any atom is -0.380 e. The van der Waals surface area contributed by atoms with Crippen molar-refractivity contribution in [2.24, 2.45) is 5.73 Å². The average molecular weight is 291 g/mol. The molecule has 2 rings (SSSR count). The highest BCUT2D eigenvalue weighted by atomic mass is 35.5. The van der Waals surface area contributed by atoms with E-state index in [4.69, 9.17) is 22.1 Å². The molecule has 1 aromatic carbocycles. The van der Waals surface area contributed by atoms with Crippen LogP contribution in [0, 0.1) is 0 Å². The first kappa shape index (κ1) is 13.8. The number of hydrogen-bond donors (Lipinski definition) is 2. The Kier molecular flexibility index (Phi) is 4.24. The molecule has 0 radical (unpaired) electrons. The molecule has 0 bridgehead atoms. The molecule has 18 heavy (non-hydrogen) atoms. The van der Waals surface area contributed by atoms with Crippen molar-refractivity contribution in [2.75, 3.05) is 13.2 Å². The summed E-state index contributed by atoms with van der Waals surface area (Å²) in [6.07, 6.45) is 0.688. The molecule has 0 aliphatic carbocycles. The second-order valence-corrected chi connectivity index (χ2v) is 6.26. The van der Waals surface area contributed by atoms with Crippen molar-refractivity contribution >= 4 is 21.6 Å². The van der Waals surface area contributed by atoms with Gasteiger partial charge in [0, 0.05) is 24.2 Å². The van der Waals surface area contributed by atoms with Gasteiger partial charge in [0.25, 0.3) is 0 Å². The highest BCUT2D eigenvalue weighted by molar-refractivity contribution is 7.89. The Hall–Kier alpha value is -0.660. The van der Waals surface area contributed by atoms with Gasteiger partial charge in [0.05, 0.1) is 11.5 Å². The zero-order valence-corrected chi connectivity index (χ0v) is 11.3. The Balaban J connectivity index is 2.21. The van der Waals surface area contributed by atoms with E-state index >= 15 is 0 Å². The van der Waals surface area contributed by atoms with Gasteiger partial charge in [-0.1, -0.05) is 17.7 Å². The predicted octanol–water partition coefficient (Wildman–Crippen LogP) is 0.866. The summed E-state index contributed by atoms with van der Waals surface area (Å²) in [5.41, 5.74) is 6.20. The van der Waals surface area contributed by atoms with Crippen LogP contribution in [-0.4, -0.2) is 27.7 Å². The fraction of sp³-hybridized carbons (Fsp3) is 0.455.